The highest BCUT2D eigenvalue weighted by Crippen LogP contribution is 2.42. The van der Waals surface area contributed by atoms with Crippen LogP contribution in [0, 0.1) is 12.7 Å². The molecule has 4 aromatic rings. The van der Waals surface area contributed by atoms with E-state index < -0.39 is 5.82 Å². The van der Waals surface area contributed by atoms with E-state index in [4.69, 9.17) is 21.3 Å². The number of nitrogens with one attached hydrogen (secondary N) is 1. The van der Waals surface area contributed by atoms with Gasteiger partial charge in [-0.3, -0.25) is 0 Å². The van der Waals surface area contributed by atoms with E-state index in [0.717, 1.165) is 67.2 Å². The van der Waals surface area contributed by atoms with Crippen LogP contribution in [0.3, 0.4) is 0 Å². The summed E-state index contributed by atoms with van der Waals surface area (Å²) >= 11 is 6.92. The van der Waals surface area contributed by atoms with E-state index in [1.807, 2.05) is 49.4 Å². The molecule has 3 aromatic carbocycles. The molecule has 0 radical (unpaired) electrons. The number of nitrogens with zero attached hydrogens (tertiary/aromatic N) is 4. The molecule has 0 saturated carbocycles. The fourth-order valence-corrected chi connectivity index (χ4v) is 7.07. The number of halogens is 2. The number of ether oxygens (including phenoxy) is 1. The highest BCUT2D eigenvalue weighted by Gasteiger charge is 2.34. The number of rotatable bonds is 5. The summed E-state index contributed by atoms with van der Waals surface area (Å²) in [5, 5.41) is 6.71. The summed E-state index contributed by atoms with van der Waals surface area (Å²) in [5.41, 5.74) is 2.47. The predicted molar refractivity (Wildman–Crippen MR) is 155 cm³/mol. The minimum Gasteiger partial charge on any atom is -0.462 e. The Hall–Kier alpha value is -3.00. The molecule has 0 amide bonds. The van der Waals surface area contributed by atoms with Crippen molar-refractivity contribution in [3.05, 3.63) is 58.9 Å². The third kappa shape index (κ3) is 4.41. The second-order valence-electron chi connectivity index (χ2n) is 11.4. The Morgan fingerprint density at radius 2 is 1.85 bits per heavy atom. The lowest BCUT2D eigenvalue weighted by atomic mass is 9.94. The molecular weight excluding hydrogens is 513 g/mol. The lowest BCUT2D eigenvalue weighted by Gasteiger charge is -2.34. The summed E-state index contributed by atoms with van der Waals surface area (Å²) in [6.45, 7) is 5.22. The molecule has 3 saturated heterocycles. The summed E-state index contributed by atoms with van der Waals surface area (Å²) in [5.74, 6) is 0.271. The second kappa shape index (κ2) is 9.88. The molecule has 7 rings (SSSR count). The topological polar surface area (TPSA) is 53.5 Å². The zero-order valence-corrected chi connectivity index (χ0v) is 23.1. The molecule has 1 N–H and O–H groups in total. The van der Waals surface area contributed by atoms with Crippen LogP contribution in [0.1, 0.15) is 31.2 Å². The van der Waals surface area contributed by atoms with Gasteiger partial charge < -0.3 is 19.9 Å². The summed E-state index contributed by atoms with van der Waals surface area (Å²) in [6.07, 6.45) is 4.51. The van der Waals surface area contributed by atoms with Crippen LogP contribution in [0.15, 0.2) is 42.5 Å². The summed E-state index contributed by atoms with van der Waals surface area (Å²) < 4.78 is 22.9. The van der Waals surface area contributed by atoms with Gasteiger partial charge in [0, 0.05) is 42.2 Å². The molecule has 3 atom stereocenters. The quantitative estimate of drug-likeness (QED) is 0.334. The van der Waals surface area contributed by atoms with E-state index in [0.29, 0.717) is 46.5 Å². The summed E-state index contributed by atoms with van der Waals surface area (Å²) in [6, 6.07) is 15.2. The first-order valence-corrected chi connectivity index (χ1v) is 14.4. The SMILES string of the molecule is Cc1cccc2cccc(-c3c(Cl)cc4c(N5CC6CCC(C5)N6)nc(OC[C@@H]5CCCN5C)nc4c3F)c12. The van der Waals surface area contributed by atoms with Crippen LogP contribution in [0.5, 0.6) is 6.01 Å². The third-order valence-electron chi connectivity index (χ3n) is 8.82. The average Bonchev–Trinajstić information content (AvgIpc) is 3.50. The van der Waals surface area contributed by atoms with Crippen LogP contribution < -0.4 is 15.0 Å². The molecule has 3 aliphatic rings. The fourth-order valence-electron chi connectivity index (χ4n) is 6.78. The molecule has 3 fully saturated rings. The van der Waals surface area contributed by atoms with Gasteiger partial charge in [-0.05, 0) is 74.2 Å². The molecular formula is C31H33ClFN5O. The van der Waals surface area contributed by atoms with E-state index >= 15 is 4.39 Å². The molecule has 0 spiro atoms. The molecule has 2 unspecified atom stereocenters. The Morgan fingerprint density at radius 1 is 1.08 bits per heavy atom. The van der Waals surface area contributed by atoms with Crippen molar-refractivity contribution in [2.75, 3.05) is 38.2 Å². The molecule has 2 bridgehead atoms. The van der Waals surface area contributed by atoms with Crippen molar-refractivity contribution in [1.29, 1.82) is 0 Å². The lowest BCUT2D eigenvalue weighted by molar-refractivity contribution is 0.188. The first-order chi connectivity index (χ1) is 19.0. The molecule has 8 heteroatoms. The molecule has 6 nitrogen and oxygen atoms in total. The van der Waals surface area contributed by atoms with Crippen molar-refractivity contribution in [3.8, 4) is 17.1 Å². The molecule has 4 heterocycles. The Labute approximate surface area is 233 Å². The van der Waals surface area contributed by atoms with Crippen molar-refractivity contribution in [2.24, 2.45) is 0 Å². The van der Waals surface area contributed by atoms with Crippen LogP contribution in [0.25, 0.3) is 32.8 Å². The minimum absolute atomic E-state index is 0.227. The third-order valence-corrected chi connectivity index (χ3v) is 9.12. The van der Waals surface area contributed by atoms with Crippen LogP contribution in [0.2, 0.25) is 5.02 Å². The molecule has 39 heavy (non-hydrogen) atoms. The van der Waals surface area contributed by atoms with E-state index in [2.05, 4.69) is 27.1 Å². The first kappa shape index (κ1) is 25.0. The van der Waals surface area contributed by atoms with Crippen LogP contribution in [-0.2, 0) is 0 Å². The fraction of sp³-hybridized carbons (Fsp3) is 0.419. The van der Waals surface area contributed by atoms with Gasteiger partial charge in [0.25, 0.3) is 0 Å². The Morgan fingerprint density at radius 3 is 2.59 bits per heavy atom. The largest absolute Gasteiger partial charge is 0.462 e. The van der Waals surface area contributed by atoms with E-state index in [9.17, 15) is 0 Å². The zero-order chi connectivity index (χ0) is 26.7. The van der Waals surface area contributed by atoms with Crippen LogP contribution >= 0.6 is 11.6 Å². The van der Waals surface area contributed by atoms with Crippen molar-refractivity contribution < 1.29 is 9.13 Å². The number of piperazine rings is 1. The maximum Gasteiger partial charge on any atom is 0.319 e. The number of aromatic nitrogens is 2. The predicted octanol–water partition coefficient (Wildman–Crippen LogP) is 5.96. The summed E-state index contributed by atoms with van der Waals surface area (Å²) in [4.78, 5) is 14.1. The van der Waals surface area contributed by atoms with Crippen LogP contribution in [0.4, 0.5) is 10.2 Å². The van der Waals surface area contributed by atoms with Gasteiger partial charge in [0.2, 0.25) is 0 Å². The Balaban J connectivity index is 1.39. The average molecular weight is 546 g/mol. The zero-order valence-electron chi connectivity index (χ0n) is 22.4. The lowest BCUT2D eigenvalue weighted by Crippen LogP contribution is -2.51. The number of likely N-dealkylation sites (N-methyl/N-ethyl adjacent to an activating group) is 1. The number of benzene rings is 3. The normalized spacial score (nSPS) is 23.3. The monoisotopic (exact) mass is 545 g/mol. The van der Waals surface area contributed by atoms with Gasteiger partial charge in [-0.25, -0.2) is 4.39 Å². The van der Waals surface area contributed by atoms with Crippen molar-refractivity contribution >= 4 is 39.1 Å². The van der Waals surface area contributed by atoms with Crippen molar-refractivity contribution in [1.82, 2.24) is 20.2 Å². The maximum atomic E-state index is 16.7. The smallest absolute Gasteiger partial charge is 0.319 e. The number of anilines is 1. The van der Waals surface area contributed by atoms with Gasteiger partial charge in [0.05, 0.1) is 5.02 Å². The van der Waals surface area contributed by atoms with Gasteiger partial charge in [-0.1, -0.05) is 48.0 Å². The number of likely N-dealkylation sites (tertiary alicyclic amines) is 1. The van der Waals surface area contributed by atoms with Gasteiger partial charge in [0.15, 0.2) is 5.82 Å². The number of aryl methyl sites for hydroxylation is 1. The highest BCUT2D eigenvalue weighted by atomic mass is 35.5. The molecule has 1 aromatic heterocycles. The summed E-state index contributed by atoms with van der Waals surface area (Å²) in [7, 11) is 2.12. The first-order valence-electron chi connectivity index (χ1n) is 14.0. The van der Waals surface area contributed by atoms with Gasteiger partial charge in [-0.15, -0.1) is 0 Å². The van der Waals surface area contributed by atoms with Gasteiger partial charge in [0.1, 0.15) is 17.9 Å². The standard InChI is InChI=1S/C31H33ClFN5O/c1-18-6-3-7-19-8-4-10-23(26(18)19)27-25(32)14-24-29(28(27)33)35-31(39-17-22-9-5-13-37(22)2)36-30(24)38-15-20-11-12-21(16-38)34-20/h3-4,6-8,10,14,20-22,34H,5,9,11-13,15-17H2,1-2H3/t20?,21?,22-/m0/s1. The Bertz CT molecular complexity index is 1560. The van der Waals surface area contributed by atoms with Gasteiger partial charge in [-0.2, -0.15) is 9.97 Å². The van der Waals surface area contributed by atoms with Crippen molar-refractivity contribution in [2.45, 2.75) is 50.7 Å². The molecule has 3 aliphatic heterocycles. The number of hydrogen-bond acceptors (Lipinski definition) is 6. The molecule has 202 valence electrons. The highest BCUT2D eigenvalue weighted by molar-refractivity contribution is 6.35. The molecule has 0 aliphatic carbocycles. The van der Waals surface area contributed by atoms with Gasteiger partial charge >= 0.3 is 6.01 Å². The second-order valence-corrected chi connectivity index (χ2v) is 11.8. The number of fused-ring (bicyclic) bond motifs is 4. The van der Waals surface area contributed by atoms with Crippen LogP contribution in [-0.4, -0.2) is 66.3 Å². The number of hydrogen-bond donors (Lipinski definition) is 1. The van der Waals surface area contributed by atoms with E-state index in [1.54, 1.807) is 0 Å². The van der Waals surface area contributed by atoms with E-state index in [1.165, 1.54) is 0 Å². The Kier molecular flexibility index (Phi) is 6.33. The van der Waals surface area contributed by atoms with E-state index in [-0.39, 0.29) is 11.5 Å². The minimum atomic E-state index is -0.433. The maximum absolute atomic E-state index is 16.7. The van der Waals surface area contributed by atoms with Crippen molar-refractivity contribution in [3.63, 3.8) is 0 Å².